The number of carboxylic acids is 1. The van der Waals surface area contributed by atoms with Crippen LogP contribution in [0.5, 0.6) is 5.75 Å². The molecule has 4 aromatic carbocycles. The summed E-state index contributed by atoms with van der Waals surface area (Å²) in [6.45, 7) is 11.1. The summed E-state index contributed by atoms with van der Waals surface area (Å²) in [7, 11) is 0. The number of aliphatic hydroxyl groups excluding tert-OH is 1. The number of anilines is 2. The van der Waals surface area contributed by atoms with Crippen LogP contribution in [0, 0.1) is 36.0 Å². The molecule has 3 atom stereocenters. The van der Waals surface area contributed by atoms with Gasteiger partial charge in [-0.1, -0.05) is 92.5 Å². The monoisotopic (exact) mass is 1200 g/mol. The number of benzene rings is 4. The van der Waals surface area contributed by atoms with E-state index in [9.17, 15) is 34.2 Å². The first-order chi connectivity index (χ1) is 41.0. The molecule has 20 heteroatoms. The van der Waals surface area contributed by atoms with Crippen LogP contribution in [-0.4, -0.2) is 122 Å². The second kappa shape index (κ2) is 26.0. The van der Waals surface area contributed by atoms with Gasteiger partial charge in [0.15, 0.2) is 16.0 Å². The van der Waals surface area contributed by atoms with Gasteiger partial charge < -0.3 is 40.3 Å². The number of piperidine rings is 1. The molecule has 0 unspecified atom stereocenters. The molecule has 1 aliphatic carbocycles. The van der Waals surface area contributed by atoms with Crippen LogP contribution in [0.4, 0.5) is 10.3 Å². The largest absolute Gasteiger partial charge is 0.494 e. The molecule has 1 saturated carbocycles. The fourth-order valence-corrected chi connectivity index (χ4v) is 14.7. The third kappa shape index (κ3) is 13.9. The molecule has 17 nitrogen and oxygen atoms in total. The van der Waals surface area contributed by atoms with E-state index in [1.165, 1.54) is 27.6 Å². The van der Waals surface area contributed by atoms with Gasteiger partial charge in [0.1, 0.15) is 17.8 Å². The second-order valence-corrected chi connectivity index (χ2v) is 26.7. The smallest absolute Gasteiger partial charge is 0.355 e. The van der Waals surface area contributed by atoms with Crippen LogP contribution in [0.1, 0.15) is 119 Å². The van der Waals surface area contributed by atoms with E-state index in [0.29, 0.717) is 90.2 Å². The Morgan fingerprint density at radius 3 is 2.39 bits per heavy atom. The van der Waals surface area contributed by atoms with Crippen LogP contribution >= 0.6 is 34.0 Å². The lowest BCUT2D eigenvalue weighted by Crippen LogP contribution is -2.59. The van der Waals surface area contributed by atoms with Crippen molar-refractivity contribution in [3.05, 3.63) is 141 Å². The number of amides is 4. The van der Waals surface area contributed by atoms with Crippen LogP contribution in [-0.2, 0) is 40.3 Å². The van der Waals surface area contributed by atoms with E-state index in [1.807, 2.05) is 124 Å². The highest BCUT2D eigenvalue weighted by Crippen LogP contribution is 2.38. The number of para-hydroxylation sites is 1. The van der Waals surface area contributed by atoms with Crippen LogP contribution < -0.4 is 25.6 Å². The van der Waals surface area contributed by atoms with Crippen molar-refractivity contribution in [2.75, 3.05) is 43.0 Å². The average Bonchev–Trinajstić information content (AvgIpc) is 3.94. The van der Waals surface area contributed by atoms with Gasteiger partial charge in [0.25, 0.3) is 5.91 Å². The maximum atomic E-state index is 14.3. The molecule has 3 fully saturated rings. The Balaban J connectivity index is 0.591. The van der Waals surface area contributed by atoms with E-state index in [2.05, 4.69) is 52.5 Å². The van der Waals surface area contributed by atoms with Crippen molar-refractivity contribution in [2.45, 2.75) is 123 Å². The van der Waals surface area contributed by atoms with Crippen LogP contribution in [0.3, 0.4) is 0 Å². The number of aromatic nitrogens is 3. The molecule has 6 heterocycles. The van der Waals surface area contributed by atoms with Crippen molar-refractivity contribution in [2.24, 2.45) is 17.3 Å². The summed E-state index contributed by atoms with van der Waals surface area (Å²) in [5, 5.41) is 31.1. The minimum Gasteiger partial charge on any atom is -0.494 e. The molecule has 0 bridgehead atoms. The van der Waals surface area contributed by atoms with Crippen molar-refractivity contribution in [1.82, 2.24) is 35.4 Å². The lowest BCUT2D eigenvalue weighted by Gasteiger charge is -2.45. The van der Waals surface area contributed by atoms with E-state index in [4.69, 9.17) is 4.74 Å². The molecule has 7 aromatic rings. The molecule has 5 N–H and O–H groups in total. The number of aryl methyl sites for hydroxylation is 2. The Morgan fingerprint density at radius 2 is 1.66 bits per heavy atom. The Bertz CT molecular complexity index is 3610. The number of aliphatic hydroxyl groups is 1. The number of ether oxygens (including phenoxy) is 1. The van der Waals surface area contributed by atoms with Crippen molar-refractivity contribution in [1.29, 1.82) is 0 Å². The molecular weight excluding hydrogens is 1130 g/mol. The predicted octanol–water partition coefficient (Wildman–Crippen LogP) is 9.75. The van der Waals surface area contributed by atoms with Crippen LogP contribution in [0.25, 0.3) is 20.7 Å². The number of carbonyl (C=O) groups is 5. The Labute approximate surface area is 507 Å². The van der Waals surface area contributed by atoms with Gasteiger partial charge in [-0.25, -0.2) is 19.7 Å². The highest BCUT2D eigenvalue weighted by molar-refractivity contribution is 7.22. The number of nitrogens with zero attached hydrogens (tertiary/aromatic N) is 6. The van der Waals surface area contributed by atoms with E-state index in [0.717, 1.165) is 81.0 Å². The normalized spacial score (nSPS) is 19.3. The van der Waals surface area contributed by atoms with Gasteiger partial charge in [-0.15, -0.1) is 22.7 Å². The zero-order chi connectivity index (χ0) is 59.4. The van der Waals surface area contributed by atoms with Crippen LogP contribution in [0.2, 0.25) is 0 Å². The average molecular weight is 1200 g/mol. The van der Waals surface area contributed by atoms with Crippen molar-refractivity contribution >= 4 is 84.1 Å². The number of hydrogen-bond acceptors (Lipinski definition) is 15. The summed E-state index contributed by atoms with van der Waals surface area (Å²) in [5.74, 6) is 5.56. The number of likely N-dealkylation sites (tertiary alicyclic amines) is 2. The van der Waals surface area contributed by atoms with Crippen molar-refractivity contribution in [3.8, 4) is 28.0 Å². The highest BCUT2D eigenvalue weighted by atomic mass is 32.1. The molecule has 11 rings (SSSR count). The van der Waals surface area contributed by atoms with Gasteiger partial charge in [0, 0.05) is 67.0 Å². The fraction of sp³-hybridized carbons (Fsp3) is 0.415. The number of aromatic carboxylic acids is 1. The third-order valence-electron chi connectivity index (χ3n) is 16.8. The number of fused-ring (bicyclic) bond motifs is 2. The van der Waals surface area contributed by atoms with Gasteiger partial charge in [-0.05, 0) is 141 Å². The van der Waals surface area contributed by atoms with E-state index in [1.54, 1.807) is 11.3 Å². The zero-order valence-electron chi connectivity index (χ0n) is 48.3. The molecule has 4 amide bonds. The van der Waals surface area contributed by atoms with Gasteiger partial charge in [-0.2, -0.15) is 0 Å². The van der Waals surface area contributed by atoms with Gasteiger partial charge in [-0.3, -0.25) is 24.5 Å². The summed E-state index contributed by atoms with van der Waals surface area (Å²) < 4.78 is 7.07. The Hall–Kier alpha value is -7.54. The molecule has 0 spiro atoms. The number of nitrogens with one attached hydrogen (secondary N) is 3. The molecule has 442 valence electrons. The Morgan fingerprint density at radius 1 is 0.882 bits per heavy atom. The summed E-state index contributed by atoms with van der Waals surface area (Å²) >= 11 is 4.39. The quantitative estimate of drug-likeness (QED) is 0.0400. The lowest BCUT2D eigenvalue weighted by molar-refractivity contribution is -0.144. The fourth-order valence-electron chi connectivity index (χ4n) is 11.9. The lowest BCUT2D eigenvalue weighted by atomic mass is 9.76. The number of β-amino-alcohol motifs (C(OH)–C–C–N with tert-alkyl or cyclic N) is 1. The molecule has 2 saturated heterocycles. The number of thiazole rings is 3. The number of carboxylic acid groups (broad SMARTS) is 1. The predicted molar refractivity (Wildman–Crippen MR) is 332 cm³/mol. The van der Waals surface area contributed by atoms with E-state index in [-0.39, 0.29) is 54.8 Å². The first-order valence-corrected chi connectivity index (χ1v) is 31.8. The highest BCUT2D eigenvalue weighted by Gasteiger charge is 2.45. The van der Waals surface area contributed by atoms with Gasteiger partial charge in [0.05, 0.1) is 39.0 Å². The SMILES string of the molecule is Cc1ncsc1-c1ccc(CNC(=O)[C@@H]2C[C@@H](O)CN2C(=O)[C@@H](NC(=O)C2CCN(C3CC(CC#Cc4ccc(OCCCc5sc(N6CCc7cccc(C(=O)Nc8nc9ccccc9s8)c7C6)nc5C(=O)O)cc4)C3)CC2)C(C)(C)C)cc1. The second-order valence-electron chi connectivity index (χ2n) is 23.8. The topological polar surface area (TPSA) is 220 Å². The molecule has 3 aliphatic heterocycles. The minimum atomic E-state index is -1.07. The number of rotatable bonds is 18. The summed E-state index contributed by atoms with van der Waals surface area (Å²) in [6.07, 6.45) is 5.40. The maximum Gasteiger partial charge on any atom is 0.355 e. The minimum absolute atomic E-state index is 0.0244. The molecule has 85 heavy (non-hydrogen) atoms. The number of carbonyl (C=O) groups excluding carboxylic acids is 4. The van der Waals surface area contributed by atoms with Crippen molar-refractivity contribution < 1.29 is 38.9 Å². The molecule has 3 aromatic heterocycles. The standard InChI is InChI=1S/C65H71N9O8S3/c1-39-56(83-38-67-39)44-21-17-41(18-22-44)35-66-60(78)52-34-47(75)36-74(52)61(79)57(65(2,3)4)70-58(76)45-26-28-72(29-27-45)46-32-42(33-46)11-7-10-40-19-23-48(24-20-40)82-31-9-16-54-55(62(80)81)69-64(85-54)73-30-25-43-12-8-13-49(50(43)37-73)59(77)71-63-68-51-14-5-6-15-53(51)84-63/h5-6,8,12-15,17-24,38,42,45-47,52,57,75H,9,11,16,25-37H2,1-4H3,(H,66,78)(H,70,76)(H,80,81)(H,68,71,77)/t42?,46?,47-,52+,57-/m1/s1. The Kier molecular flexibility index (Phi) is 18.1. The zero-order valence-corrected chi connectivity index (χ0v) is 50.7. The third-order valence-corrected chi connectivity index (χ3v) is 19.9. The maximum absolute atomic E-state index is 14.3. The van der Waals surface area contributed by atoms with E-state index < -0.39 is 29.6 Å². The summed E-state index contributed by atoms with van der Waals surface area (Å²) in [4.78, 5) is 89.1. The molecule has 0 radical (unpaired) electrons. The molecule has 4 aliphatic rings. The summed E-state index contributed by atoms with van der Waals surface area (Å²) in [5.41, 5.74) is 8.47. The number of hydrogen-bond donors (Lipinski definition) is 5. The first kappa shape index (κ1) is 59.2. The summed E-state index contributed by atoms with van der Waals surface area (Å²) in [6, 6.07) is 27.9. The van der Waals surface area contributed by atoms with E-state index >= 15 is 0 Å². The van der Waals surface area contributed by atoms with Gasteiger partial charge >= 0.3 is 5.97 Å². The molecular formula is C65H71N9O8S3. The first-order valence-electron chi connectivity index (χ1n) is 29.3. The van der Waals surface area contributed by atoms with Gasteiger partial charge in [0.2, 0.25) is 17.7 Å². The van der Waals surface area contributed by atoms with Crippen LogP contribution in [0.15, 0.2) is 96.5 Å². The van der Waals surface area contributed by atoms with Crippen molar-refractivity contribution in [3.63, 3.8) is 0 Å².